The van der Waals surface area contributed by atoms with E-state index in [4.69, 9.17) is 10.6 Å². The molecule has 1 aromatic rings. The highest BCUT2D eigenvalue weighted by Crippen LogP contribution is 2.18. The number of rotatable bonds is 5. The first kappa shape index (κ1) is 15.7. The van der Waals surface area contributed by atoms with E-state index in [9.17, 15) is 4.79 Å². The molecule has 1 atom stereocenters. The number of anilines is 1. The van der Waals surface area contributed by atoms with Gasteiger partial charge in [0.1, 0.15) is 5.82 Å². The van der Waals surface area contributed by atoms with E-state index in [1.165, 1.54) is 0 Å². The maximum absolute atomic E-state index is 12.7. The zero-order valence-corrected chi connectivity index (χ0v) is 12.8. The van der Waals surface area contributed by atoms with Gasteiger partial charge in [0.25, 0.3) is 5.91 Å². The average Bonchev–Trinajstić information content (AvgIpc) is 2.54. The van der Waals surface area contributed by atoms with Crippen LogP contribution in [0.25, 0.3) is 0 Å². The van der Waals surface area contributed by atoms with Crippen LogP contribution in [0.4, 0.5) is 5.82 Å². The molecule has 1 saturated heterocycles. The molecule has 0 bridgehead atoms. The molecule has 116 valence electrons. The standard InChI is InChI=1S/C15H24N4O2/c1-3-12-8-11(9-14(17-12)18-16)15(20)19-7-5-6-13(10-19)21-4-2/h8-9,13H,3-7,10,16H2,1-2H3,(H,17,18). The number of piperidine rings is 1. The minimum atomic E-state index is 0.0213. The molecule has 0 saturated carbocycles. The fourth-order valence-electron chi connectivity index (χ4n) is 2.64. The number of carbonyl (C=O) groups excluding carboxylic acids is 1. The Bertz CT molecular complexity index is 468. The number of aryl methyl sites for hydroxylation is 1. The lowest BCUT2D eigenvalue weighted by Gasteiger charge is -2.32. The van der Waals surface area contributed by atoms with Crippen molar-refractivity contribution in [3.05, 3.63) is 23.4 Å². The van der Waals surface area contributed by atoms with Crippen LogP contribution in [0.1, 0.15) is 42.7 Å². The molecule has 1 aliphatic rings. The molecule has 6 heteroatoms. The SMILES string of the molecule is CCOC1CCCN(C(=O)c2cc(CC)nc(NN)c2)C1. The molecule has 1 amide bonds. The van der Waals surface area contributed by atoms with Crippen molar-refractivity contribution in [2.45, 2.75) is 39.2 Å². The first-order valence-electron chi connectivity index (χ1n) is 7.56. The molecule has 0 radical (unpaired) electrons. The van der Waals surface area contributed by atoms with E-state index in [2.05, 4.69) is 10.4 Å². The van der Waals surface area contributed by atoms with Gasteiger partial charge in [0.05, 0.1) is 6.10 Å². The number of nitrogens with zero attached hydrogens (tertiary/aromatic N) is 2. The maximum atomic E-state index is 12.7. The number of aromatic nitrogens is 1. The summed E-state index contributed by atoms with van der Waals surface area (Å²) in [6.45, 7) is 6.10. The summed E-state index contributed by atoms with van der Waals surface area (Å²) < 4.78 is 5.65. The number of hydrogen-bond donors (Lipinski definition) is 2. The minimum absolute atomic E-state index is 0.0213. The zero-order valence-electron chi connectivity index (χ0n) is 12.8. The van der Waals surface area contributed by atoms with Crippen LogP contribution in [-0.4, -0.2) is 41.6 Å². The summed E-state index contributed by atoms with van der Waals surface area (Å²) in [7, 11) is 0. The van der Waals surface area contributed by atoms with Gasteiger partial charge < -0.3 is 15.1 Å². The predicted octanol–water partition coefficient (Wildman–Crippen LogP) is 1.57. The third kappa shape index (κ3) is 3.92. The lowest BCUT2D eigenvalue weighted by Crippen LogP contribution is -2.43. The number of hydrogen-bond acceptors (Lipinski definition) is 5. The lowest BCUT2D eigenvalue weighted by atomic mass is 10.1. The molecule has 1 unspecified atom stereocenters. The monoisotopic (exact) mass is 292 g/mol. The van der Waals surface area contributed by atoms with Crippen LogP contribution in [0.2, 0.25) is 0 Å². The second-order valence-corrected chi connectivity index (χ2v) is 5.20. The second kappa shape index (κ2) is 7.38. The molecular formula is C15H24N4O2. The summed E-state index contributed by atoms with van der Waals surface area (Å²) >= 11 is 0. The van der Waals surface area contributed by atoms with E-state index in [0.29, 0.717) is 24.5 Å². The van der Waals surface area contributed by atoms with Crippen molar-refractivity contribution in [2.24, 2.45) is 5.84 Å². The Morgan fingerprint density at radius 2 is 2.33 bits per heavy atom. The number of carbonyl (C=O) groups is 1. The fraction of sp³-hybridized carbons (Fsp3) is 0.600. The fourth-order valence-corrected chi connectivity index (χ4v) is 2.64. The van der Waals surface area contributed by atoms with Gasteiger partial charge in [0.15, 0.2) is 0 Å². The van der Waals surface area contributed by atoms with Crippen LogP contribution in [0, 0.1) is 0 Å². The van der Waals surface area contributed by atoms with Crippen LogP contribution in [-0.2, 0) is 11.2 Å². The molecule has 0 aromatic carbocycles. The summed E-state index contributed by atoms with van der Waals surface area (Å²) in [6, 6.07) is 3.54. The Morgan fingerprint density at radius 3 is 3.00 bits per heavy atom. The topological polar surface area (TPSA) is 80.5 Å². The second-order valence-electron chi connectivity index (χ2n) is 5.20. The van der Waals surface area contributed by atoms with Crippen molar-refractivity contribution in [1.29, 1.82) is 0 Å². The van der Waals surface area contributed by atoms with Gasteiger partial charge >= 0.3 is 0 Å². The van der Waals surface area contributed by atoms with E-state index in [1.807, 2.05) is 24.8 Å². The molecule has 6 nitrogen and oxygen atoms in total. The third-order valence-corrected chi connectivity index (χ3v) is 3.70. The Kier molecular flexibility index (Phi) is 5.52. The lowest BCUT2D eigenvalue weighted by molar-refractivity contribution is 0.00724. The molecule has 0 spiro atoms. The molecule has 2 heterocycles. The summed E-state index contributed by atoms with van der Waals surface area (Å²) in [5.74, 6) is 5.97. The maximum Gasteiger partial charge on any atom is 0.254 e. The largest absolute Gasteiger partial charge is 0.377 e. The predicted molar refractivity (Wildman–Crippen MR) is 82.0 cm³/mol. The van der Waals surface area contributed by atoms with Crippen molar-refractivity contribution < 1.29 is 9.53 Å². The number of amides is 1. The Hall–Kier alpha value is -1.66. The van der Waals surface area contributed by atoms with E-state index in [-0.39, 0.29) is 12.0 Å². The molecule has 1 fully saturated rings. The zero-order chi connectivity index (χ0) is 15.2. The first-order chi connectivity index (χ1) is 10.2. The number of ether oxygens (including phenoxy) is 1. The normalized spacial score (nSPS) is 18.6. The number of nitrogens with two attached hydrogens (primary N) is 1. The number of pyridine rings is 1. The van der Waals surface area contributed by atoms with Crippen molar-refractivity contribution in [3.63, 3.8) is 0 Å². The smallest absolute Gasteiger partial charge is 0.254 e. The number of likely N-dealkylation sites (tertiary alicyclic amines) is 1. The molecule has 0 aliphatic carbocycles. The summed E-state index contributed by atoms with van der Waals surface area (Å²) in [4.78, 5) is 18.8. The number of nitrogen functional groups attached to an aromatic ring is 1. The van der Waals surface area contributed by atoms with Gasteiger partial charge in [-0.1, -0.05) is 6.92 Å². The highest BCUT2D eigenvalue weighted by atomic mass is 16.5. The van der Waals surface area contributed by atoms with E-state index < -0.39 is 0 Å². The van der Waals surface area contributed by atoms with Crippen molar-refractivity contribution in [2.75, 3.05) is 25.1 Å². The molecule has 2 rings (SSSR count). The van der Waals surface area contributed by atoms with E-state index in [0.717, 1.165) is 31.5 Å². The highest BCUT2D eigenvalue weighted by Gasteiger charge is 2.25. The Morgan fingerprint density at radius 1 is 1.52 bits per heavy atom. The van der Waals surface area contributed by atoms with E-state index >= 15 is 0 Å². The Labute approximate surface area is 125 Å². The first-order valence-corrected chi connectivity index (χ1v) is 7.56. The number of hydrazine groups is 1. The molecule has 21 heavy (non-hydrogen) atoms. The van der Waals surface area contributed by atoms with Gasteiger partial charge in [-0.2, -0.15) is 0 Å². The van der Waals surface area contributed by atoms with E-state index in [1.54, 1.807) is 6.07 Å². The summed E-state index contributed by atoms with van der Waals surface area (Å²) in [5.41, 5.74) is 4.01. The van der Waals surface area contributed by atoms with Crippen LogP contribution in [0.3, 0.4) is 0 Å². The molecule has 1 aromatic heterocycles. The van der Waals surface area contributed by atoms with Crippen molar-refractivity contribution in [1.82, 2.24) is 9.88 Å². The van der Waals surface area contributed by atoms with Gasteiger partial charge in [-0.3, -0.25) is 4.79 Å². The van der Waals surface area contributed by atoms with Crippen LogP contribution >= 0.6 is 0 Å². The minimum Gasteiger partial charge on any atom is -0.377 e. The van der Waals surface area contributed by atoms with Gasteiger partial charge in [0.2, 0.25) is 0 Å². The number of nitrogens with one attached hydrogen (secondary N) is 1. The Balaban J connectivity index is 2.15. The van der Waals surface area contributed by atoms with Crippen molar-refractivity contribution >= 4 is 11.7 Å². The molecule has 1 aliphatic heterocycles. The highest BCUT2D eigenvalue weighted by molar-refractivity contribution is 5.95. The average molecular weight is 292 g/mol. The van der Waals surface area contributed by atoms with Crippen LogP contribution in [0.5, 0.6) is 0 Å². The molecular weight excluding hydrogens is 268 g/mol. The van der Waals surface area contributed by atoms with Crippen molar-refractivity contribution in [3.8, 4) is 0 Å². The third-order valence-electron chi connectivity index (χ3n) is 3.70. The summed E-state index contributed by atoms with van der Waals surface area (Å²) in [5, 5.41) is 0. The quantitative estimate of drug-likeness (QED) is 0.636. The molecule has 3 N–H and O–H groups in total. The van der Waals surface area contributed by atoms with Crippen LogP contribution in [0.15, 0.2) is 12.1 Å². The van der Waals surface area contributed by atoms with Gasteiger partial charge in [-0.05, 0) is 38.3 Å². The van der Waals surface area contributed by atoms with Gasteiger partial charge in [-0.15, -0.1) is 0 Å². The van der Waals surface area contributed by atoms with Gasteiger partial charge in [-0.25, -0.2) is 10.8 Å². The van der Waals surface area contributed by atoms with Crippen LogP contribution < -0.4 is 11.3 Å². The van der Waals surface area contributed by atoms with Gasteiger partial charge in [0, 0.05) is 31.0 Å². The summed E-state index contributed by atoms with van der Waals surface area (Å²) in [6.07, 6.45) is 2.90.